The summed E-state index contributed by atoms with van der Waals surface area (Å²) in [7, 11) is -4.30. The number of benzene rings is 4. The molecular formula is C35H35Cl4N3O4S. The van der Waals surface area contributed by atoms with Crippen LogP contribution in [0.5, 0.6) is 0 Å². The summed E-state index contributed by atoms with van der Waals surface area (Å²) in [5.74, 6) is -1.01. The molecule has 0 bridgehead atoms. The lowest BCUT2D eigenvalue weighted by Gasteiger charge is -2.34. The third-order valence-electron chi connectivity index (χ3n) is 7.54. The highest BCUT2D eigenvalue weighted by Gasteiger charge is 2.35. The topological polar surface area (TPSA) is 86.8 Å². The second-order valence-electron chi connectivity index (χ2n) is 11.0. The van der Waals surface area contributed by atoms with E-state index in [9.17, 15) is 18.0 Å². The average Bonchev–Trinajstić information content (AvgIpc) is 3.04. The molecule has 1 N–H and O–H groups in total. The lowest BCUT2D eigenvalue weighted by atomic mass is 10.0. The first-order valence-corrected chi connectivity index (χ1v) is 18.0. The Hall–Kier alpha value is -3.27. The van der Waals surface area contributed by atoms with Gasteiger partial charge in [0.1, 0.15) is 12.6 Å². The minimum atomic E-state index is -4.30. The molecule has 1 atom stereocenters. The van der Waals surface area contributed by atoms with Crippen molar-refractivity contribution in [2.24, 2.45) is 0 Å². The summed E-state index contributed by atoms with van der Waals surface area (Å²) in [6.07, 6.45) is 1.79. The number of halogens is 4. The number of amides is 2. The van der Waals surface area contributed by atoms with Crippen LogP contribution in [-0.4, -0.2) is 44.3 Å². The molecule has 4 rings (SSSR count). The van der Waals surface area contributed by atoms with E-state index in [0.29, 0.717) is 22.2 Å². The molecule has 0 aromatic heterocycles. The lowest BCUT2D eigenvalue weighted by Crippen LogP contribution is -2.53. The number of hydrogen-bond donors (Lipinski definition) is 1. The van der Waals surface area contributed by atoms with Crippen molar-refractivity contribution in [1.29, 1.82) is 0 Å². The zero-order valence-electron chi connectivity index (χ0n) is 25.9. The van der Waals surface area contributed by atoms with E-state index in [1.165, 1.54) is 35.2 Å². The molecule has 2 amide bonds. The summed E-state index contributed by atoms with van der Waals surface area (Å²) in [5, 5.41) is 4.00. The largest absolute Gasteiger partial charge is 0.354 e. The molecule has 7 nitrogen and oxygen atoms in total. The number of hydrogen-bond acceptors (Lipinski definition) is 4. The van der Waals surface area contributed by atoms with Gasteiger partial charge < -0.3 is 10.2 Å². The van der Waals surface area contributed by atoms with Crippen LogP contribution in [0.25, 0.3) is 0 Å². The maximum atomic E-state index is 14.6. The van der Waals surface area contributed by atoms with E-state index in [4.69, 9.17) is 46.4 Å². The van der Waals surface area contributed by atoms with Gasteiger partial charge in [-0.25, -0.2) is 8.42 Å². The van der Waals surface area contributed by atoms with Crippen molar-refractivity contribution in [2.75, 3.05) is 17.4 Å². The van der Waals surface area contributed by atoms with E-state index < -0.39 is 28.5 Å². The Balaban J connectivity index is 1.83. The van der Waals surface area contributed by atoms with E-state index in [-0.39, 0.29) is 39.5 Å². The Morgan fingerprint density at radius 1 is 0.830 bits per heavy atom. The van der Waals surface area contributed by atoms with Crippen LogP contribution in [0.3, 0.4) is 0 Å². The van der Waals surface area contributed by atoms with E-state index in [1.54, 1.807) is 30.3 Å². The average molecular weight is 736 g/mol. The molecule has 0 aliphatic rings. The summed E-state index contributed by atoms with van der Waals surface area (Å²) >= 11 is 25.2. The van der Waals surface area contributed by atoms with Crippen molar-refractivity contribution >= 4 is 73.9 Å². The number of rotatable bonds is 14. The monoisotopic (exact) mass is 733 g/mol. The number of sulfonamides is 1. The first kappa shape index (κ1) is 36.6. The molecular weight excluding hydrogens is 700 g/mol. The molecule has 0 aliphatic heterocycles. The van der Waals surface area contributed by atoms with Gasteiger partial charge in [0.15, 0.2) is 0 Å². The summed E-state index contributed by atoms with van der Waals surface area (Å²) in [6, 6.07) is 23.8. The Labute approximate surface area is 296 Å². The third kappa shape index (κ3) is 9.64. The smallest absolute Gasteiger partial charge is 0.264 e. The summed E-state index contributed by atoms with van der Waals surface area (Å²) in [6.45, 7) is 3.54. The second-order valence-corrected chi connectivity index (χ2v) is 14.6. The molecule has 0 fully saturated rings. The van der Waals surface area contributed by atoms with Crippen molar-refractivity contribution in [3.8, 4) is 0 Å². The highest BCUT2D eigenvalue weighted by atomic mass is 35.5. The minimum absolute atomic E-state index is 0.0209. The summed E-state index contributed by atoms with van der Waals surface area (Å²) in [5.41, 5.74) is 2.35. The number of aryl methyl sites for hydroxylation is 1. The molecule has 0 heterocycles. The van der Waals surface area contributed by atoms with Gasteiger partial charge in [0.05, 0.1) is 20.6 Å². The van der Waals surface area contributed by atoms with E-state index in [1.807, 2.05) is 44.2 Å². The van der Waals surface area contributed by atoms with Gasteiger partial charge in [-0.3, -0.25) is 13.9 Å². The second kappa shape index (κ2) is 16.7. The maximum absolute atomic E-state index is 14.6. The number of carbonyl (C=O) groups is 2. The summed E-state index contributed by atoms with van der Waals surface area (Å²) in [4.78, 5) is 29.8. The van der Waals surface area contributed by atoms with E-state index in [2.05, 4.69) is 5.32 Å². The number of anilines is 1. The van der Waals surface area contributed by atoms with Crippen LogP contribution >= 0.6 is 46.4 Å². The molecule has 4 aromatic carbocycles. The molecule has 0 saturated heterocycles. The van der Waals surface area contributed by atoms with Gasteiger partial charge in [0.2, 0.25) is 11.8 Å². The zero-order valence-corrected chi connectivity index (χ0v) is 29.8. The van der Waals surface area contributed by atoms with Crippen LogP contribution in [0.2, 0.25) is 20.1 Å². The standard InChI is InChI=1S/C35H35Cl4N3O4S/c1-3-4-18-40-35(44)33(19-25-8-6-5-7-9-25)41(22-26-12-13-27(36)20-31(26)38)34(43)23-42(28-14-17-30(37)32(39)21-28)47(45,46)29-15-10-24(2)11-16-29/h5-17,20-21,33H,3-4,18-19,22-23H2,1-2H3,(H,40,44)/t33-/m1/s1. The summed E-state index contributed by atoms with van der Waals surface area (Å²) < 4.78 is 29.3. The Morgan fingerprint density at radius 2 is 1.53 bits per heavy atom. The minimum Gasteiger partial charge on any atom is -0.354 e. The fourth-order valence-electron chi connectivity index (χ4n) is 4.90. The number of nitrogens with zero attached hydrogens (tertiary/aromatic N) is 2. The van der Waals surface area contributed by atoms with Crippen molar-refractivity contribution < 1.29 is 18.0 Å². The molecule has 0 spiro atoms. The van der Waals surface area contributed by atoms with Gasteiger partial charge >= 0.3 is 0 Å². The van der Waals surface area contributed by atoms with Crippen molar-refractivity contribution in [2.45, 2.75) is 50.6 Å². The Bertz CT molecular complexity index is 1810. The van der Waals surface area contributed by atoms with Gasteiger partial charge in [-0.05, 0) is 66.9 Å². The van der Waals surface area contributed by atoms with E-state index >= 15 is 0 Å². The number of nitrogens with one attached hydrogen (secondary N) is 1. The lowest BCUT2D eigenvalue weighted by molar-refractivity contribution is -0.140. The van der Waals surface area contributed by atoms with Gasteiger partial charge in [0, 0.05) is 29.6 Å². The van der Waals surface area contributed by atoms with Gasteiger partial charge in [-0.15, -0.1) is 0 Å². The third-order valence-corrected chi connectivity index (χ3v) is 10.6. The van der Waals surface area contributed by atoms with Gasteiger partial charge in [-0.1, -0.05) is 114 Å². The van der Waals surface area contributed by atoms with Crippen LogP contribution in [0.4, 0.5) is 5.69 Å². The molecule has 12 heteroatoms. The molecule has 0 saturated carbocycles. The molecule has 47 heavy (non-hydrogen) atoms. The quantitative estimate of drug-likeness (QED) is 0.132. The highest BCUT2D eigenvalue weighted by Crippen LogP contribution is 2.31. The van der Waals surface area contributed by atoms with Crippen LogP contribution in [-0.2, 0) is 32.6 Å². The van der Waals surface area contributed by atoms with Crippen molar-refractivity contribution in [3.05, 3.63) is 128 Å². The normalized spacial score (nSPS) is 12.0. The van der Waals surface area contributed by atoms with Crippen LogP contribution < -0.4 is 9.62 Å². The highest BCUT2D eigenvalue weighted by molar-refractivity contribution is 7.92. The van der Waals surface area contributed by atoms with Crippen LogP contribution in [0.1, 0.15) is 36.5 Å². The van der Waals surface area contributed by atoms with Crippen LogP contribution in [0.15, 0.2) is 95.9 Å². The molecule has 0 unspecified atom stereocenters. The van der Waals surface area contributed by atoms with E-state index in [0.717, 1.165) is 28.3 Å². The molecule has 0 aliphatic carbocycles. The van der Waals surface area contributed by atoms with Crippen molar-refractivity contribution in [1.82, 2.24) is 10.2 Å². The number of carbonyl (C=O) groups excluding carboxylic acids is 2. The Kier molecular flexibility index (Phi) is 13.0. The van der Waals surface area contributed by atoms with Gasteiger partial charge in [-0.2, -0.15) is 0 Å². The van der Waals surface area contributed by atoms with Crippen LogP contribution in [0, 0.1) is 6.92 Å². The predicted octanol–water partition coefficient (Wildman–Crippen LogP) is 8.36. The zero-order chi connectivity index (χ0) is 34.1. The Morgan fingerprint density at radius 3 is 2.17 bits per heavy atom. The fourth-order valence-corrected chi connectivity index (χ4v) is 7.07. The SMILES string of the molecule is CCCCNC(=O)[C@@H](Cc1ccccc1)N(Cc1ccc(Cl)cc1Cl)C(=O)CN(c1ccc(Cl)c(Cl)c1)S(=O)(=O)c1ccc(C)cc1. The maximum Gasteiger partial charge on any atom is 0.264 e. The molecule has 4 aromatic rings. The first-order chi connectivity index (χ1) is 22.4. The van der Waals surface area contributed by atoms with Gasteiger partial charge in [0.25, 0.3) is 10.0 Å². The molecule has 0 radical (unpaired) electrons. The van der Waals surface area contributed by atoms with Crippen molar-refractivity contribution in [3.63, 3.8) is 0 Å². The predicted molar refractivity (Wildman–Crippen MR) is 191 cm³/mol. The molecule has 248 valence electrons. The first-order valence-electron chi connectivity index (χ1n) is 15.0. The number of unbranched alkanes of at least 4 members (excludes halogenated alkanes) is 1. The fraction of sp³-hybridized carbons (Fsp3) is 0.257.